The fourth-order valence-corrected chi connectivity index (χ4v) is 1.84. The zero-order valence-electron chi connectivity index (χ0n) is 9.36. The van der Waals surface area contributed by atoms with Crippen LogP contribution >= 0.6 is 0 Å². The molecule has 0 spiro atoms. The lowest BCUT2D eigenvalue weighted by molar-refractivity contribution is -0.142. The summed E-state index contributed by atoms with van der Waals surface area (Å²) in [5, 5.41) is 11.5. The van der Waals surface area contributed by atoms with E-state index in [2.05, 4.69) is 11.9 Å². The van der Waals surface area contributed by atoms with E-state index in [1.165, 1.54) is 0 Å². The molecule has 0 saturated heterocycles. The van der Waals surface area contributed by atoms with E-state index >= 15 is 0 Å². The summed E-state index contributed by atoms with van der Waals surface area (Å²) in [6, 6.07) is 0.0162. The number of carbonyl (C=O) groups is 2. The van der Waals surface area contributed by atoms with Gasteiger partial charge in [0.2, 0.25) is 0 Å². The highest BCUT2D eigenvalue weighted by atomic mass is 16.6. The first-order valence-electron chi connectivity index (χ1n) is 5.35. The molecule has 1 aliphatic carbocycles. The molecule has 1 saturated carbocycles. The Morgan fingerprint density at radius 2 is 1.88 bits per heavy atom. The Kier molecular flexibility index (Phi) is 4.34. The van der Waals surface area contributed by atoms with Gasteiger partial charge in [0.05, 0.1) is 11.7 Å². The van der Waals surface area contributed by atoms with Crippen molar-refractivity contribution in [3.05, 3.63) is 12.3 Å². The highest BCUT2D eigenvalue weighted by Gasteiger charge is 2.26. The Hall–Kier alpha value is -1.52. The smallest absolute Gasteiger partial charge is 0.412 e. The number of carboxylic acids is 1. The van der Waals surface area contributed by atoms with Gasteiger partial charge >= 0.3 is 12.1 Å². The quantitative estimate of drug-likeness (QED) is 0.722. The molecule has 90 valence electrons. The molecule has 1 fully saturated rings. The number of alkyl carbamates (subject to hydrolysis) is 1. The molecular weight excluding hydrogens is 210 g/mol. The number of nitrogens with one attached hydrogen (secondary N) is 1. The van der Waals surface area contributed by atoms with Crippen molar-refractivity contribution in [1.29, 1.82) is 0 Å². The Morgan fingerprint density at radius 1 is 1.31 bits per heavy atom. The first kappa shape index (κ1) is 12.5. The van der Waals surface area contributed by atoms with Crippen LogP contribution in [-0.4, -0.2) is 23.2 Å². The second-order valence-corrected chi connectivity index (χ2v) is 4.12. The monoisotopic (exact) mass is 227 g/mol. The third kappa shape index (κ3) is 3.92. The average molecular weight is 227 g/mol. The van der Waals surface area contributed by atoms with E-state index in [0.29, 0.717) is 31.4 Å². The fourth-order valence-electron chi connectivity index (χ4n) is 1.84. The van der Waals surface area contributed by atoms with Crippen molar-refractivity contribution in [2.75, 3.05) is 0 Å². The van der Waals surface area contributed by atoms with Crippen molar-refractivity contribution >= 4 is 12.1 Å². The van der Waals surface area contributed by atoms with E-state index in [9.17, 15) is 9.59 Å². The summed E-state index contributed by atoms with van der Waals surface area (Å²) < 4.78 is 4.77. The van der Waals surface area contributed by atoms with E-state index in [0.717, 1.165) is 0 Å². The van der Waals surface area contributed by atoms with Crippen LogP contribution in [0.1, 0.15) is 32.6 Å². The largest absolute Gasteiger partial charge is 0.481 e. The summed E-state index contributed by atoms with van der Waals surface area (Å²) in [5.41, 5.74) is 0. The van der Waals surface area contributed by atoms with Crippen LogP contribution in [0.4, 0.5) is 4.79 Å². The number of hydrogen-bond donors (Lipinski definition) is 2. The number of carbonyl (C=O) groups excluding carboxylic acids is 1. The Morgan fingerprint density at radius 3 is 2.31 bits per heavy atom. The zero-order chi connectivity index (χ0) is 12.1. The van der Waals surface area contributed by atoms with Gasteiger partial charge in [-0.1, -0.05) is 6.58 Å². The van der Waals surface area contributed by atoms with Gasteiger partial charge in [-0.3, -0.25) is 4.79 Å². The maximum Gasteiger partial charge on any atom is 0.412 e. The molecule has 0 aliphatic heterocycles. The van der Waals surface area contributed by atoms with Gasteiger partial charge < -0.3 is 15.2 Å². The van der Waals surface area contributed by atoms with Gasteiger partial charge in [0, 0.05) is 6.04 Å². The van der Waals surface area contributed by atoms with Gasteiger partial charge in [0.25, 0.3) is 0 Å². The minimum atomic E-state index is -0.747. The summed E-state index contributed by atoms with van der Waals surface area (Å²) in [4.78, 5) is 21.9. The molecule has 1 amide bonds. The van der Waals surface area contributed by atoms with Gasteiger partial charge in [-0.2, -0.15) is 0 Å². The summed E-state index contributed by atoms with van der Waals surface area (Å²) in [6.45, 7) is 5.06. The van der Waals surface area contributed by atoms with Crippen molar-refractivity contribution < 1.29 is 19.4 Å². The fraction of sp³-hybridized carbons (Fsp3) is 0.636. The van der Waals surface area contributed by atoms with Crippen molar-refractivity contribution in [2.24, 2.45) is 5.92 Å². The lowest BCUT2D eigenvalue weighted by atomic mass is 9.86. The number of ether oxygens (including phenoxy) is 1. The van der Waals surface area contributed by atoms with E-state index in [4.69, 9.17) is 9.84 Å². The summed E-state index contributed by atoms with van der Waals surface area (Å²) in [7, 11) is 0. The van der Waals surface area contributed by atoms with Gasteiger partial charge in [-0.25, -0.2) is 4.79 Å². The number of allylic oxidation sites excluding steroid dienone is 1. The second-order valence-electron chi connectivity index (χ2n) is 4.12. The highest BCUT2D eigenvalue weighted by molar-refractivity contribution is 5.70. The number of rotatable bonds is 3. The maximum atomic E-state index is 11.2. The standard InChI is InChI=1S/C11H17NO4/c1-7(2)16-11(15)12-9-5-3-8(4-6-9)10(13)14/h8-9H,1,3-6H2,2H3,(H,12,15)(H,13,14)/t8-,9+. The van der Waals surface area contributed by atoms with E-state index < -0.39 is 12.1 Å². The van der Waals surface area contributed by atoms with Crippen LogP contribution in [0.15, 0.2) is 12.3 Å². The topological polar surface area (TPSA) is 75.6 Å². The molecule has 1 aliphatic rings. The van der Waals surface area contributed by atoms with Crippen molar-refractivity contribution in [3.8, 4) is 0 Å². The third-order valence-corrected chi connectivity index (χ3v) is 2.67. The van der Waals surface area contributed by atoms with Crippen molar-refractivity contribution in [1.82, 2.24) is 5.32 Å². The van der Waals surface area contributed by atoms with E-state index in [-0.39, 0.29) is 12.0 Å². The molecule has 0 atom stereocenters. The summed E-state index contributed by atoms with van der Waals surface area (Å²) in [6.07, 6.45) is 2.07. The van der Waals surface area contributed by atoms with Crippen LogP contribution < -0.4 is 5.32 Å². The molecule has 2 N–H and O–H groups in total. The number of amides is 1. The molecule has 16 heavy (non-hydrogen) atoms. The van der Waals surface area contributed by atoms with Gasteiger partial charge in [0.1, 0.15) is 0 Å². The van der Waals surface area contributed by atoms with Gasteiger partial charge in [-0.05, 0) is 32.6 Å². The second kappa shape index (κ2) is 5.53. The lowest BCUT2D eigenvalue weighted by Crippen LogP contribution is -2.38. The molecule has 5 nitrogen and oxygen atoms in total. The Balaban J connectivity index is 2.29. The highest BCUT2D eigenvalue weighted by Crippen LogP contribution is 2.24. The summed E-state index contributed by atoms with van der Waals surface area (Å²) in [5.74, 6) is -0.671. The van der Waals surface area contributed by atoms with Gasteiger partial charge in [0.15, 0.2) is 0 Å². The van der Waals surface area contributed by atoms with E-state index in [1.54, 1.807) is 6.92 Å². The van der Waals surface area contributed by atoms with Crippen molar-refractivity contribution in [3.63, 3.8) is 0 Å². The van der Waals surface area contributed by atoms with Gasteiger partial charge in [-0.15, -0.1) is 0 Å². The molecule has 0 radical (unpaired) electrons. The first-order chi connectivity index (χ1) is 7.49. The summed E-state index contributed by atoms with van der Waals surface area (Å²) >= 11 is 0. The van der Waals surface area contributed by atoms with Crippen LogP contribution in [0.3, 0.4) is 0 Å². The number of carboxylic acid groups (broad SMARTS) is 1. The minimum Gasteiger partial charge on any atom is -0.481 e. The van der Waals surface area contributed by atoms with Crippen LogP contribution in [0.5, 0.6) is 0 Å². The van der Waals surface area contributed by atoms with Crippen LogP contribution in [0.2, 0.25) is 0 Å². The SMILES string of the molecule is C=C(C)OC(=O)N[C@H]1CC[C@@H](C(=O)O)CC1. The Bertz CT molecular complexity index is 292. The maximum absolute atomic E-state index is 11.2. The van der Waals surface area contributed by atoms with Crippen LogP contribution in [0.25, 0.3) is 0 Å². The molecule has 0 heterocycles. The zero-order valence-corrected chi connectivity index (χ0v) is 9.36. The first-order valence-corrected chi connectivity index (χ1v) is 5.35. The van der Waals surface area contributed by atoms with Crippen LogP contribution in [-0.2, 0) is 9.53 Å². The Labute approximate surface area is 94.5 Å². The molecule has 0 aromatic carbocycles. The molecule has 0 unspecified atom stereocenters. The predicted molar refractivity (Wildman–Crippen MR) is 57.8 cm³/mol. The molecule has 0 aromatic heterocycles. The number of aliphatic carboxylic acids is 1. The van der Waals surface area contributed by atoms with Crippen LogP contribution in [0, 0.1) is 5.92 Å². The molecular formula is C11H17NO4. The number of hydrogen-bond acceptors (Lipinski definition) is 3. The van der Waals surface area contributed by atoms with Crippen molar-refractivity contribution in [2.45, 2.75) is 38.6 Å². The predicted octanol–water partition coefficient (Wildman–Crippen LogP) is 1.89. The molecule has 1 rings (SSSR count). The normalized spacial score (nSPS) is 24.6. The lowest BCUT2D eigenvalue weighted by Gasteiger charge is -2.26. The molecule has 5 heteroatoms. The minimum absolute atomic E-state index is 0.0162. The van der Waals surface area contributed by atoms with E-state index in [1.807, 2.05) is 0 Å². The molecule has 0 bridgehead atoms. The average Bonchev–Trinajstić information content (AvgIpc) is 2.16. The third-order valence-electron chi connectivity index (χ3n) is 2.67. The molecule has 0 aromatic rings.